The van der Waals surface area contributed by atoms with Crippen LogP contribution in [-0.4, -0.2) is 17.1 Å². The molecule has 3 nitrogen and oxygen atoms in total. The number of nitrogens with one attached hydrogen (secondary N) is 1. The molecule has 2 fully saturated rings. The van der Waals surface area contributed by atoms with Crippen LogP contribution in [-0.2, 0) is 6.54 Å². The minimum Gasteiger partial charge on any atom is -0.488 e. The molecule has 2 aliphatic rings. The molecule has 1 aromatic heterocycles. The van der Waals surface area contributed by atoms with Crippen LogP contribution in [0.5, 0.6) is 5.75 Å². The first-order valence-corrected chi connectivity index (χ1v) is 8.07. The fourth-order valence-corrected chi connectivity index (χ4v) is 2.89. The van der Waals surface area contributed by atoms with E-state index in [-0.39, 0.29) is 0 Å². The van der Waals surface area contributed by atoms with Crippen molar-refractivity contribution < 1.29 is 4.74 Å². The van der Waals surface area contributed by atoms with Crippen LogP contribution in [0.1, 0.15) is 56.8 Å². The van der Waals surface area contributed by atoms with Gasteiger partial charge in [0.25, 0.3) is 0 Å². The van der Waals surface area contributed by atoms with E-state index in [4.69, 9.17) is 4.74 Å². The first-order chi connectivity index (χ1) is 9.70. The quantitative estimate of drug-likeness (QED) is 0.891. The van der Waals surface area contributed by atoms with E-state index in [9.17, 15) is 0 Å². The molecule has 0 amide bonds. The van der Waals surface area contributed by atoms with Crippen molar-refractivity contribution in [2.75, 3.05) is 0 Å². The van der Waals surface area contributed by atoms with Gasteiger partial charge in [-0.1, -0.05) is 6.92 Å². The van der Waals surface area contributed by atoms with Gasteiger partial charge in [0, 0.05) is 18.3 Å². The van der Waals surface area contributed by atoms with Gasteiger partial charge in [-0.25, -0.2) is 0 Å². The van der Waals surface area contributed by atoms with Gasteiger partial charge in [-0.15, -0.1) is 0 Å². The maximum atomic E-state index is 6.24. The Kier molecular flexibility index (Phi) is 4.25. The zero-order chi connectivity index (χ0) is 13.9. The summed E-state index contributed by atoms with van der Waals surface area (Å²) in [6, 6.07) is 4.87. The Morgan fingerprint density at radius 1 is 1.15 bits per heavy atom. The molecule has 2 saturated carbocycles. The second-order valence-electron chi connectivity index (χ2n) is 6.55. The molecule has 2 aliphatic carbocycles. The summed E-state index contributed by atoms with van der Waals surface area (Å²) in [5, 5.41) is 3.54. The molecule has 1 aromatic rings. The van der Waals surface area contributed by atoms with E-state index in [0.717, 1.165) is 29.6 Å². The zero-order valence-corrected chi connectivity index (χ0v) is 12.7. The number of aryl methyl sites for hydroxylation is 1. The summed E-state index contributed by atoms with van der Waals surface area (Å²) in [5.74, 6) is 1.85. The molecular weight excluding hydrogens is 248 g/mol. The number of ether oxygens (including phenoxy) is 1. The molecule has 0 saturated heterocycles. The highest BCUT2D eigenvalue weighted by molar-refractivity contribution is 5.29. The fourth-order valence-electron chi connectivity index (χ4n) is 2.89. The van der Waals surface area contributed by atoms with Crippen molar-refractivity contribution in [2.45, 2.75) is 71.1 Å². The minimum absolute atomic E-state index is 0.385. The van der Waals surface area contributed by atoms with Gasteiger partial charge in [0.2, 0.25) is 0 Å². The average Bonchev–Trinajstić information content (AvgIpc) is 3.25. The van der Waals surface area contributed by atoms with Gasteiger partial charge in [-0.2, -0.15) is 0 Å². The number of pyridine rings is 1. The number of aromatic nitrogens is 1. The summed E-state index contributed by atoms with van der Waals surface area (Å²) in [6.07, 6.45) is 7.95. The van der Waals surface area contributed by atoms with Gasteiger partial charge in [0.1, 0.15) is 5.75 Å². The highest BCUT2D eigenvalue weighted by Crippen LogP contribution is 2.29. The van der Waals surface area contributed by atoms with E-state index >= 15 is 0 Å². The molecule has 0 unspecified atom stereocenters. The second-order valence-corrected chi connectivity index (χ2v) is 6.55. The maximum absolute atomic E-state index is 6.24. The zero-order valence-electron chi connectivity index (χ0n) is 12.7. The Balaban J connectivity index is 1.64. The van der Waals surface area contributed by atoms with Gasteiger partial charge < -0.3 is 10.1 Å². The Hall–Kier alpha value is -1.09. The van der Waals surface area contributed by atoms with Crippen LogP contribution in [0.25, 0.3) is 0 Å². The molecule has 110 valence electrons. The SMILES string of the molecule is Cc1ccc(OC2CCC(C)CC2)c(CNC2CC2)n1. The van der Waals surface area contributed by atoms with Crippen LogP contribution in [0, 0.1) is 12.8 Å². The standard InChI is InChI=1S/C17H26N2O/c1-12-3-8-15(9-4-12)20-17-10-5-13(2)19-16(17)11-18-14-6-7-14/h5,10,12,14-15,18H,3-4,6-9,11H2,1-2H3. The molecule has 0 aromatic carbocycles. The molecular formula is C17H26N2O. The Bertz CT molecular complexity index is 448. The number of hydrogen-bond acceptors (Lipinski definition) is 3. The van der Waals surface area contributed by atoms with Crippen LogP contribution < -0.4 is 10.1 Å². The maximum Gasteiger partial charge on any atom is 0.142 e. The predicted octanol–water partition coefficient (Wildman–Crippen LogP) is 3.60. The van der Waals surface area contributed by atoms with Gasteiger partial charge in [-0.05, 0) is 63.5 Å². The third-order valence-electron chi connectivity index (χ3n) is 4.46. The van der Waals surface area contributed by atoms with E-state index < -0.39 is 0 Å². The molecule has 0 radical (unpaired) electrons. The summed E-state index contributed by atoms with van der Waals surface area (Å²) in [6.45, 7) is 5.23. The second kappa shape index (κ2) is 6.13. The van der Waals surface area contributed by atoms with Gasteiger partial charge in [0.15, 0.2) is 0 Å². The monoisotopic (exact) mass is 274 g/mol. The van der Waals surface area contributed by atoms with E-state index in [0.29, 0.717) is 12.1 Å². The minimum atomic E-state index is 0.385. The van der Waals surface area contributed by atoms with Crippen molar-refractivity contribution >= 4 is 0 Å². The highest BCUT2D eigenvalue weighted by Gasteiger charge is 2.23. The lowest BCUT2D eigenvalue weighted by Crippen LogP contribution is -2.24. The van der Waals surface area contributed by atoms with Gasteiger partial charge in [0.05, 0.1) is 11.8 Å². The lowest BCUT2D eigenvalue weighted by atomic mass is 9.89. The van der Waals surface area contributed by atoms with E-state index in [1.165, 1.54) is 38.5 Å². The van der Waals surface area contributed by atoms with E-state index in [2.05, 4.69) is 29.4 Å². The first kappa shape index (κ1) is 13.9. The van der Waals surface area contributed by atoms with Crippen LogP contribution >= 0.6 is 0 Å². The Morgan fingerprint density at radius 2 is 1.90 bits per heavy atom. The van der Waals surface area contributed by atoms with Crippen molar-refractivity contribution in [3.05, 3.63) is 23.5 Å². The molecule has 1 N–H and O–H groups in total. The molecule has 0 aliphatic heterocycles. The fraction of sp³-hybridized carbons (Fsp3) is 0.706. The molecule has 0 spiro atoms. The Labute approximate surface area is 122 Å². The summed E-state index contributed by atoms with van der Waals surface area (Å²) in [5.41, 5.74) is 2.15. The van der Waals surface area contributed by atoms with Crippen molar-refractivity contribution in [3.63, 3.8) is 0 Å². The lowest BCUT2D eigenvalue weighted by Gasteiger charge is -2.27. The molecule has 0 atom stereocenters. The number of hydrogen-bond donors (Lipinski definition) is 1. The predicted molar refractivity (Wildman–Crippen MR) is 80.9 cm³/mol. The molecule has 1 heterocycles. The molecule has 20 heavy (non-hydrogen) atoms. The van der Waals surface area contributed by atoms with E-state index in [1.807, 2.05) is 6.92 Å². The van der Waals surface area contributed by atoms with Crippen molar-refractivity contribution in [2.24, 2.45) is 5.92 Å². The number of rotatable bonds is 5. The van der Waals surface area contributed by atoms with Crippen LogP contribution in [0.4, 0.5) is 0 Å². The largest absolute Gasteiger partial charge is 0.488 e. The van der Waals surface area contributed by atoms with E-state index in [1.54, 1.807) is 0 Å². The summed E-state index contributed by atoms with van der Waals surface area (Å²) >= 11 is 0. The Morgan fingerprint density at radius 3 is 2.60 bits per heavy atom. The summed E-state index contributed by atoms with van der Waals surface area (Å²) in [4.78, 5) is 4.67. The molecule has 3 rings (SSSR count). The van der Waals surface area contributed by atoms with Gasteiger partial charge >= 0.3 is 0 Å². The van der Waals surface area contributed by atoms with Crippen LogP contribution in [0.2, 0.25) is 0 Å². The summed E-state index contributed by atoms with van der Waals surface area (Å²) in [7, 11) is 0. The summed E-state index contributed by atoms with van der Waals surface area (Å²) < 4.78 is 6.24. The number of nitrogens with zero attached hydrogens (tertiary/aromatic N) is 1. The average molecular weight is 274 g/mol. The third-order valence-corrected chi connectivity index (χ3v) is 4.46. The highest BCUT2D eigenvalue weighted by atomic mass is 16.5. The van der Waals surface area contributed by atoms with Crippen molar-refractivity contribution in [1.29, 1.82) is 0 Å². The smallest absolute Gasteiger partial charge is 0.142 e. The lowest BCUT2D eigenvalue weighted by molar-refractivity contribution is 0.133. The van der Waals surface area contributed by atoms with Gasteiger partial charge in [-0.3, -0.25) is 4.98 Å². The van der Waals surface area contributed by atoms with Crippen molar-refractivity contribution in [1.82, 2.24) is 10.3 Å². The third kappa shape index (κ3) is 3.72. The first-order valence-electron chi connectivity index (χ1n) is 8.07. The molecule has 3 heteroatoms. The van der Waals surface area contributed by atoms with Crippen molar-refractivity contribution in [3.8, 4) is 5.75 Å². The van der Waals surface area contributed by atoms with Crippen LogP contribution in [0.15, 0.2) is 12.1 Å². The molecule has 0 bridgehead atoms. The topological polar surface area (TPSA) is 34.1 Å². The van der Waals surface area contributed by atoms with Crippen LogP contribution in [0.3, 0.4) is 0 Å². The normalized spacial score (nSPS) is 26.5.